The highest BCUT2D eigenvalue weighted by atomic mass is 32.2. The van der Waals surface area contributed by atoms with Crippen LogP contribution >= 0.6 is 11.8 Å². The lowest BCUT2D eigenvalue weighted by molar-refractivity contribution is -0.168. The van der Waals surface area contributed by atoms with Crippen LogP contribution in [0.1, 0.15) is 34.1 Å². The Labute approximate surface area is 107 Å². The first kappa shape index (κ1) is 16.4. The van der Waals surface area contributed by atoms with Crippen molar-refractivity contribution in [1.29, 1.82) is 0 Å². The minimum atomic E-state index is -1.75. The second-order valence-corrected chi connectivity index (χ2v) is 5.84. The predicted octanol–water partition coefficient (Wildman–Crippen LogP) is 1.85. The molecule has 0 aliphatic rings. The minimum Gasteiger partial charge on any atom is -0.467 e. The molecule has 0 aromatic heterocycles. The predicted molar refractivity (Wildman–Crippen MR) is 68.7 cm³/mol. The van der Waals surface area contributed by atoms with Crippen molar-refractivity contribution in [3.05, 3.63) is 0 Å². The van der Waals surface area contributed by atoms with Crippen molar-refractivity contribution in [2.45, 2.75) is 39.7 Å². The van der Waals surface area contributed by atoms with Crippen molar-refractivity contribution in [2.24, 2.45) is 11.8 Å². The molecule has 4 nitrogen and oxygen atoms in total. The van der Waals surface area contributed by atoms with Gasteiger partial charge in [-0.2, -0.15) is 0 Å². The van der Waals surface area contributed by atoms with Gasteiger partial charge < -0.3 is 9.84 Å². The molecule has 0 spiro atoms. The Morgan fingerprint density at radius 2 is 1.94 bits per heavy atom. The van der Waals surface area contributed by atoms with Gasteiger partial charge in [-0.05, 0) is 25.0 Å². The van der Waals surface area contributed by atoms with Crippen LogP contribution in [0.3, 0.4) is 0 Å². The molecule has 5 heteroatoms. The normalized spacial score (nSPS) is 16.4. The summed E-state index contributed by atoms with van der Waals surface area (Å²) in [6.07, 6.45) is 0.466. The van der Waals surface area contributed by atoms with Crippen LogP contribution in [0, 0.1) is 11.8 Å². The Bertz CT molecular complexity index is 274. The highest BCUT2D eigenvalue weighted by molar-refractivity contribution is 8.13. The molecule has 1 N–H and O–H groups in total. The fourth-order valence-electron chi connectivity index (χ4n) is 1.62. The fourth-order valence-corrected chi connectivity index (χ4v) is 2.43. The SMILES string of the molecule is CCSC(=O)[C@@H](CC(C)C)[C@](C)(O)C(=O)OC. The monoisotopic (exact) mass is 262 g/mol. The van der Waals surface area contributed by atoms with Crippen molar-refractivity contribution < 1.29 is 19.4 Å². The lowest BCUT2D eigenvalue weighted by Crippen LogP contribution is -2.47. The highest BCUT2D eigenvalue weighted by Crippen LogP contribution is 2.30. The number of methoxy groups -OCH3 is 1. The second-order valence-electron chi connectivity index (χ2n) is 4.57. The zero-order valence-electron chi connectivity index (χ0n) is 11.1. The molecule has 0 radical (unpaired) electrons. The van der Waals surface area contributed by atoms with E-state index < -0.39 is 17.5 Å². The molecule has 0 unspecified atom stereocenters. The van der Waals surface area contributed by atoms with E-state index in [2.05, 4.69) is 4.74 Å². The molecule has 0 rings (SSSR count). The van der Waals surface area contributed by atoms with Crippen molar-refractivity contribution in [3.63, 3.8) is 0 Å². The van der Waals surface area contributed by atoms with Gasteiger partial charge >= 0.3 is 5.97 Å². The van der Waals surface area contributed by atoms with Gasteiger partial charge in [0.1, 0.15) is 0 Å². The van der Waals surface area contributed by atoms with Crippen molar-refractivity contribution in [2.75, 3.05) is 12.9 Å². The maximum Gasteiger partial charge on any atom is 0.338 e. The molecule has 0 aromatic carbocycles. The molecule has 0 heterocycles. The molecule has 0 fully saturated rings. The first-order chi connectivity index (χ1) is 7.77. The average Bonchev–Trinajstić information content (AvgIpc) is 2.24. The molecule has 0 aliphatic carbocycles. The topological polar surface area (TPSA) is 63.6 Å². The van der Waals surface area contributed by atoms with Gasteiger partial charge in [0.2, 0.25) is 0 Å². The number of ether oxygens (including phenoxy) is 1. The summed E-state index contributed by atoms with van der Waals surface area (Å²) in [5.41, 5.74) is -1.75. The zero-order chi connectivity index (χ0) is 13.6. The summed E-state index contributed by atoms with van der Waals surface area (Å²) in [4.78, 5) is 23.5. The number of rotatable bonds is 6. The van der Waals surface area contributed by atoms with E-state index in [9.17, 15) is 14.7 Å². The highest BCUT2D eigenvalue weighted by Gasteiger charge is 2.44. The Balaban J connectivity index is 5.02. The number of carbonyl (C=O) groups excluding carboxylic acids is 2. The van der Waals surface area contributed by atoms with Gasteiger partial charge in [0.05, 0.1) is 13.0 Å². The largest absolute Gasteiger partial charge is 0.467 e. The van der Waals surface area contributed by atoms with E-state index >= 15 is 0 Å². The number of aliphatic hydroxyl groups is 1. The van der Waals surface area contributed by atoms with Crippen LogP contribution in [-0.4, -0.2) is 34.7 Å². The summed E-state index contributed by atoms with van der Waals surface area (Å²) in [5.74, 6) is -0.629. The average molecular weight is 262 g/mol. The van der Waals surface area contributed by atoms with Crippen LogP contribution in [0.15, 0.2) is 0 Å². The number of hydrogen-bond donors (Lipinski definition) is 1. The molecule has 0 aromatic rings. The van der Waals surface area contributed by atoms with Crippen LogP contribution in [0.25, 0.3) is 0 Å². The lowest BCUT2D eigenvalue weighted by Gasteiger charge is -2.30. The van der Waals surface area contributed by atoms with Crippen LogP contribution in [0.5, 0.6) is 0 Å². The number of carbonyl (C=O) groups is 2. The maximum absolute atomic E-state index is 11.9. The van der Waals surface area contributed by atoms with Gasteiger partial charge in [-0.1, -0.05) is 32.5 Å². The first-order valence-electron chi connectivity index (χ1n) is 5.74. The molecule has 0 saturated carbocycles. The standard InChI is InChI=1S/C12H22O4S/c1-6-17-10(13)9(7-8(2)3)12(4,15)11(14)16-5/h8-9,15H,6-7H2,1-5H3/t9-,12+/m1/s1. The Kier molecular flexibility index (Phi) is 6.78. The van der Waals surface area contributed by atoms with Gasteiger partial charge in [-0.15, -0.1) is 0 Å². The third-order valence-electron chi connectivity index (χ3n) is 2.56. The molecule has 100 valence electrons. The lowest BCUT2D eigenvalue weighted by atomic mass is 9.84. The fraction of sp³-hybridized carbons (Fsp3) is 0.833. The van der Waals surface area contributed by atoms with E-state index in [1.54, 1.807) is 0 Å². The summed E-state index contributed by atoms with van der Waals surface area (Å²) in [6.45, 7) is 7.11. The number of thioether (sulfide) groups is 1. The van der Waals surface area contributed by atoms with Crippen molar-refractivity contribution >= 4 is 22.8 Å². The van der Waals surface area contributed by atoms with E-state index in [-0.39, 0.29) is 11.0 Å². The van der Waals surface area contributed by atoms with E-state index in [0.29, 0.717) is 12.2 Å². The zero-order valence-corrected chi connectivity index (χ0v) is 12.0. The summed E-state index contributed by atoms with van der Waals surface area (Å²) in [5, 5.41) is 10.0. The number of esters is 1. The smallest absolute Gasteiger partial charge is 0.338 e. The minimum absolute atomic E-state index is 0.156. The van der Waals surface area contributed by atoms with Gasteiger partial charge in [0.15, 0.2) is 10.7 Å². The molecular weight excluding hydrogens is 240 g/mol. The first-order valence-corrected chi connectivity index (χ1v) is 6.73. The van der Waals surface area contributed by atoms with Crippen LogP contribution in [-0.2, 0) is 14.3 Å². The summed E-state index contributed by atoms with van der Waals surface area (Å²) >= 11 is 1.13. The number of hydrogen-bond acceptors (Lipinski definition) is 5. The molecule has 0 bridgehead atoms. The third kappa shape index (κ3) is 4.68. The molecule has 2 atom stereocenters. The molecule has 0 aliphatic heterocycles. The second kappa shape index (κ2) is 7.01. The third-order valence-corrected chi connectivity index (χ3v) is 3.41. The Morgan fingerprint density at radius 3 is 2.29 bits per heavy atom. The van der Waals surface area contributed by atoms with Crippen LogP contribution in [0.2, 0.25) is 0 Å². The van der Waals surface area contributed by atoms with Gasteiger partial charge in [0.25, 0.3) is 0 Å². The van der Waals surface area contributed by atoms with Crippen LogP contribution in [0.4, 0.5) is 0 Å². The van der Waals surface area contributed by atoms with Gasteiger partial charge in [-0.25, -0.2) is 4.79 Å². The summed E-state index contributed by atoms with van der Waals surface area (Å²) in [7, 11) is 1.21. The Morgan fingerprint density at radius 1 is 1.41 bits per heavy atom. The van der Waals surface area contributed by atoms with Gasteiger partial charge in [0, 0.05) is 0 Å². The molecular formula is C12H22O4S. The molecule has 17 heavy (non-hydrogen) atoms. The van der Waals surface area contributed by atoms with Gasteiger partial charge in [-0.3, -0.25) is 4.79 Å². The van der Waals surface area contributed by atoms with E-state index in [0.717, 1.165) is 11.8 Å². The maximum atomic E-state index is 11.9. The summed E-state index contributed by atoms with van der Waals surface area (Å²) < 4.78 is 4.56. The summed E-state index contributed by atoms with van der Waals surface area (Å²) in [6, 6.07) is 0. The van der Waals surface area contributed by atoms with E-state index in [4.69, 9.17) is 0 Å². The quantitative estimate of drug-likeness (QED) is 0.740. The van der Waals surface area contributed by atoms with E-state index in [1.165, 1.54) is 14.0 Å². The molecule has 0 saturated heterocycles. The molecule has 0 amide bonds. The van der Waals surface area contributed by atoms with Crippen molar-refractivity contribution in [1.82, 2.24) is 0 Å². The Hall–Kier alpha value is -0.550. The van der Waals surface area contributed by atoms with E-state index in [1.807, 2.05) is 20.8 Å². The van der Waals surface area contributed by atoms with Crippen LogP contribution < -0.4 is 0 Å². The van der Waals surface area contributed by atoms with Crippen molar-refractivity contribution in [3.8, 4) is 0 Å².